The van der Waals surface area contributed by atoms with Crippen molar-refractivity contribution in [1.82, 2.24) is 5.32 Å². The molecule has 0 saturated carbocycles. The lowest BCUT2D eigenvalue weighted by molar-refractivity contribution is 0.0955. The van der Waals surface area contributed by atoms with Crippen LogP contribution in [-0.2, 0) is 0 Å². The Morgan fingerprint density at radius 3 is 2.25 bits per heavy atom. The third-order valence-corrected chi connectivity index (χ3v) is 3.42. The van der Waals surface area contributed by atoms with E-state index in [2.05, 4.69) is 25.6 Å². The highest BCUT2D eigenvalue weighted by Crippen LogP contribution is 2.21. The third kappa shape index (κ3) is 7.63. The van der Waals surface area contributed by atoms with Crippen LogP contribution in [0.4, 0.5) is 11.4 Å². The van der Waals surface area contributed by atoms with E-state index in [-0.39, 0.29) is 24.4 Å². The van der Waals surface area contributed by atoms with Gasteiger partial charge in [-0.05, 0) is 54.1 Å². The smallest absolute Gasteiger partial charge is 0.251 e. The lowest BCUT2D eigenvalue weighted by Gasteiger charge is -2.08. The van der Waals surface area contributed by atoms with Gasteiger partial charge in [0, 0.05) is 23.6 Å². The summed E-state index contributed by atoms with van der Waals surface area (Å²) in [5.74, 6) is 0.482. The number of nitrogens with two attached hydrogens (primary N) is 1. The fourth-order valence-corrected chi connectivity index (χ4v) is 2.03. The highest BCUT2D eigenvalue weighted by Gasteiger charge is 2.04. The molecule has 0 fully saturated rings. The number of azo groups is 1. The quantitative estimate of drug-likeness (QED) is 0.366. The number of ether oxygens (including phenoxy) is 1. The van der Waals surface area contributed by atoms with Gasteiger partial charge in [0.1, 0.15) is 5.75 Å². The average Bonchev–Trinajstić information content (AvgIpc) is 2.70. The summed E-state index contributed by atoms with van der Waals surface area (Å²) >= 11 is 0. The van der Waals surface area contributed by atoms with Crippen LogP contribution < -0.4 is 15.8 Å². The molecule has 0 aliphatic rings. The minimum atomic E-state index is -0.241. The summed E-state index contributed by atoms with van der Waals surface area (Å²) in [5.41, 5.74) is 15.5. The van der Waals surface area contributed by atoms with Crippen molar-refractivity contribution < 1.29 is 9.53 Å². The summed E-state index contributed by atoms with van der Waals surface area (Å²) in [5, 5.41) is 14.5. The number of hydrogen-bond acceptors (Lipinski definition) is 6. The van der Waals surface area contributed by atoms with Crippen LogP contribution in [0.15, 0.2) is 63.9 Å². The molecule has 10 heteroatoms. The van der Waals surface area contributed by atoms with E-state index >= 15 is 0 Å². The number of carbonyl (C=O) groups is 1. The normalized spacial score (nSPS) is 11.2. The van der Waals surface area contributed by atoms with Gasteiger partial charge in [0.15, 0.2) is 0 Å². The minimum Gasteiger partial charge on any atom is -0.493 e. The molecule has 1 unspecified atom stereocenters. The molecule has 0 aromatic heterocycles. The van der Waals surface area contributed by atoms with E-state index < -0.39 is 0 Å². The molecule has 0 heterocycles. The molecule has 1 atom stereocenters. The van der Waals surface area contributed by atoms with Gasteiger partial charge >= 0.3 is 0 Å². The van der Waals surface area contributed by atoms with E-state index in [0.29, 0.717) is 42.4 Å². The van der Waals surface area contributed by atoms with Crippen molar-refractivity contribution in [1.29, 1.82) is 0 Å². The lowest BCUT2D eigenvalue weighted by atomic mass is 10.2. The van der Waals surface area contributed by atoms with E-state index in [1.54, 1.807) is 55.5 Å². The number of amides is 1. The Morgan fingerprint density at radius 2 is 1.71 bits per heavy atom. The molecule has 9 nitrogen and oxygen atoms in total. The molecule has 1 amide bonds. The fraction of sp³-hybridized carbons (Fsp3) is 0.278. The molecular formula is C18H22ClN7O2. The predicted molar refractivity (Wildman–Crippen MR) is 110 cm³/mol. The van der Waals surface area contributed by atoms with Gasteiger partial charge in [-0.25, -0.2) is 0 Å². The number of azide groups is 1. The number of benzene rings is 2. The maximum Gasteiger partial charge on any atom is 0.251 e. The zero-order valence-corrected chi connectivity index (χ0v) is 16.2. The van der Waals surface area contributed by atoms with Gasteiger partial charge < -0.3 is 15.8 Å². The maximum atomic E-state index is 11.8. The number of halogens is 1. The van der Waals surface area contributed by atoms with Crippen LogP contribution in [-0.4, -0.2) is 31.6 Å². The van der Waals surface area contributed by atoms with Gasteiger partial charge in [-0.15, -0.1) is 12.4 Å². The Bertz CT molecular complexity index is 819. The second-order valence-electron chi connectivity index (χ2n) is 5.65. The second-order valence-corrected chi connectivity index (χ2v) is 5.65. The molecule has 0 aliphatic carbocycles. The molecule has 3 N–H and O–H groups in total. The number of carbonyl (C=O) groups excluding carboxylic acids is 1. The maximum absolute atomic E-state index is 11.8. The van der Waals surface area contributed by atoms with Gasteiger partial charge in [0.05, 0.1) is 24.0 Å². The van der Waals surface area contributed by atoms with Crippen LogP contribution in [0.1, 0.15) is 17.3 Å². The largest absolute Gasteiger partial charge is 0.493 e. The molecule has 0 aliphatic heterocycles. The van der Waals surface area contributed by atoms with Crippen LogP contribution in [0.3, 0.4) is 0 Å². The molecule has 28 heavy (non-hydrogen) atoms. The van der Waals surface area contributed by atoms with Gasteiger partial charge in [-0.2, -0.15) is 10.2 Å². The van der Waals surface area contributed by atoms with Crippen LogP contribution in [0.2, 0.25) is 0 Å². The molecule has 0 bridgehead atoms. The molecule has 0 spiro atoms. The number of nitrogens with one attached hydrogen (secondary N) is 1. The molecule has 148 valence electrons. The first-order chi connectivity index (χ1) is 13.1. The van der Waals surface area contributed by atoms with Crippen molar-refractivity contribution >= 4 is 29.7 Å². The minimum absolute atomic E-state index is 0. The number of rotatable bonds is 9. The van der Waals surface area contributed by atoms with E-state index in [1.807, 2.05) is 0 Å². The number of hydrogen-bond donors (Lipinski definition) is 2. The summed E-state index contributed by atoms with van der Waals surface area (Å²) in [6, 6.07) is 13.6. The molecule has 2 aromatic rings. The van der Waals surface area contributed by atoms with E-state index in [9.17, 15) is 4.79 Å². The molecule has 2 rings (SSSR count). The highest BCUT2D eigenvalue weighted by atomic mass is 35.5. The summed E-state index contributed by atoms with van der Waals surface area (Å²) < 4.78 is 5.52. The first-order valence-corrected chi connectivity index (χ1v) is 8.39. The van der Waals surface area contributed by atoms with E-state index in [1.165, 1.54) is 0 Å². The monoisotopic (exact) mass is 403 g/mol. The second kappa shape index (κ2) is 12.3. The van der Waals surface area contributed by atoms with Crippen LogP contribution in [0.25, 0.3) is 10.4 Å². The van der Waals surface area contributed by atoms with Gasteiger partial charge in [0.25, 0.3) is 5.91 Å². The fourth-order valence-electron chi connectivity index (χ4n) is 2.03. The van der Waals surface area contributed by atoms with Crippen molar-refractivity contribution in [3.05, 3.63) is 64.5 Å². The number of nitrogens with zero attached hydrogens (tertiary/aromatic N) is 5. The molecule has 0 radical (unpaired) electrons. The van der Waals surface area contributed by atoms with Crippen molar-refractivity contribution in [2.75, 3.05) is 19.7 Å². The van der Waals surface area contributed by atoms with Crippen LogP contribution >= 0.6 is 12.4 Å². The summed E-state index contributed by atoms with van der Waals surface area (Å²) in [6.45, 7) is 2.91. The molecule has 0 saturated heterocycles. The average molecular weight is 404 g/mol. The molecular weight excluding hydrogens is 382 g/mol. The van der Waals surface area contributed by atoms with Gasteiger partial charge in [-0.3, -0.25) is 4.79 Å². The summed E-state index contributed by atoms with van der Waals surface area (Å²) in [6.07, 6.45) is 0. The van der Waals surface area contributed by atoms with Crippen LogP contribution in [0, 0.1) is 0 Å². The zero-order valence-electron chi connectivity index (χ0n) is 15.4. The SMILES string of the molecule is CC(COc1ccc(N=Nc2ccc(C(=O)NCCN)cc2)cc1)N=[N+]=[N-].Cl. The lowest BCUT2D eigenvalue weighted by Crippen LogP contribution is -2.28. The van der Waals surface area contributed by atoms with Gasteiger partial charge in [-0.1, -0.05) is 12.0 Å². The Labute approximate surface area is 169 Å². The Morgan fingerprint density at radius 1 is 1.14 bits per heavy atom. The Balaban J connectivity index is 0.00000392. The first-order valence-electron chi connectivity index (χ1n) is 8.39. The van der Waals surface area contributed by atoms with E-state index in [4.69, 9.17) is 16.0 Å². The summed E-state index contributed by atoms with van der Waals surface area (Å²) in [7, 11) is 0. The van der Waals surface area contributed by atoms with Crippen molar-refractivity contribution in [2.24, 2.45) is 21.1 Å². The highest BCUT2D eigenvalue weighted by molar-refractivity contribution is 5.94. The van der Waals surface area contributed by atoms with Crippen molar-refractivity contribution in [3.8, 4) is 5.75 Å². The first kappa shape index (κ1) is 22.9. The Kier molecular flexibility index (Phi) is 10.1. The summed E-state index contributed by atoms with van der Waals surface area (Å²) in [4.78, 5) is 14.5. The zero-order chi connectivity index (χ0) is 19.5. The van der Waals surface area contributed by atoms with Gasteiger partial charge in [0.2, 0.25) is 0 Å². The van der Waals surface area contributed by atoms with Crippen molar-refractivity contribution in [2.45, 2.75) is 13.0 Å². The molecule has 2 aromatic carbocycles. The Hall–Kier alpha value is -3.13. The standard InChI is InChI=1S/C18H21N7O2.ClH/c1-13(22-25-20)12-27-17-8-6-16(7-9-17)24-23-15-4-2-14(3-5-15)18(26)21-11-10-19;/h2-9,13H,10-12,19H2,1H3,(H,21,26);1H. The van der Waals surface area contributed by atoms with Crippen LogP contribution in [0.5, 0.6) is 5.75 Å². The topological polar surface area (TPSA) is 138 Å². The van der Waals surface area contributed by atoms with E-state index in [0.717, 1.165) is 0 Å². The van der Waals surface area contributed by atoms with Crippen molar-refractivity contribution in [3.63, 3.8) is 0 Å². The third-order valence-electron chi connectivity index (χ3n) is 3.42. The predicted octanol–water partition coefficient (Wildman–Crippen LogP) is 4.29.